The van der Waals surface area contributed by atoms with Crippen molar-refractivity contribution in [2.75, 3.05) is 19.6 Å². The van der Waals surface area contributed by atoms with Crippen molar-refractivity contribution in [1.82, 2.24) is 30.6 Å². The van der Waals surface area contributed by atoms with E-state index in [1.165, 1.54) is 5.57 Å². The Morgan fingerprint density at radius 3 is 3.12 bits per heavy atom. The second kappa shape index (κ2) is 7.05. The topological polar surface area (TPSA) is 84.7 Å². The van der Waals surface area contributed by atoms with Crippen LogP contribution in [0, 0.1) is 6.92 Å². The minimum Gasteiger partial charge on any atom is -0.347 e. The summed E-state index contributed by atoms with van der Waals surface area (Å²) in [6.45, 7) is 4.21. The lowest BCUT2D eigenvalue weighted by Crippen LogP contribution is -2.30. The molecular weight excluding hydrogens is 328 g/mol. The van der Waals surface area contributed by atoms with Crippen molar-refractivity contribution in [2.24, 2.45) is 0 Å². The second-order valence-electron chi connectivity index (χ2n) is 6.31. The maximum absolute atomic E-state index is 12.5. The number of carbonyl (C=O) groups is 1. The van der Waals surface area contributed by atoms with Crippen molar-refractivity contribution in [3.05, 3.63) is 59.6 Å². The molecule has 3 heterocycles. The largest absolute Gasteiger partial charge is 0.347 e. The van der Waals surface area contributed by atoms with Gasteiger partial charge < -0.3 is 10.6 Å². The zero-order chi connectivity index (χ0) is 17.9. The van der Waals surface area contributed by atoms with Crippen LogP contribution in [-0.4, -0.2) is 45.5 Å². The third-order valence-corrected chi connectivity index (χ3v) is 4.57. The molecule has 0 unspecified atom stereocenters. The summed E-state index contributed by atoms with van der Waals surface area (Å²) in [6.07, 6.45) is 4.84. The van der Waals surface area contributed by atoms with Crippen LogP contribution in [0.1, 0.15) is 22.6 Å². The van der Waals surface area contributed by atoms with Crippen LogP contribution in [-0.2, 0) is 0 Å². The Kier molecular flexibility index (Phi) is 4.45. The number of aromatic nitrogens is 4. The van der Waals surface area contributed by atoms with Crippen molar-refractivity contribution in [3.63, 3.8) is 0 Å². The predicted molar refractivity (Wildman–Crippen MR) is 99.3 cm³/mol. The number of pyridine rings is 1. The summed E-state index contributed by atoms with van der Waals surface area (Å²) in [5.74, 6) is -0.198. The first-order valence-electron chi connectivity index (χ1n) is 8.66. The van der Waals surface area contributed by atoms with E-state index in [9.17, 15) is 4.79 Å². The molecule has 1 amide bonds. The monoisotopic (exact) mass is 348 g/mol. The highest BCUT2D eigenvalue weighted by molar-refractivity contribution is 5.93. The molecule has 2 N–H and O–H groups in total. The van der Waals surface area contributed by atoms with Crippen LogP contribution < -0.4 is 10.6 Å². The van der Waals surface area contributed by atoms with Gasteiger partial charge in [-0.1, -0.05) is 22.9 Å². The molecule has 7 heteroatoms. The van der Waals surface area contributed by atoms with Crippen molar-refractivity contribution in [2.45, 2.75) is 13.3 Å². The molecule has 3 aromatic rings. The second-order valence-corrected chi connectivity index (χ2v) is 6.31. The number of amides is 1. The summed E-state index contributed by atoms with van der Waals surface area (Å²) < 4.78 is 1.69. The van der Waals surface area contributed by atoms with Crippen LogP contribution in [0.25, 0.3) is 16.6 Å². The minimum absolute atomic E-state index is 0.198. The van der Waals surface area contributed by atoms with Gasteiger partial charge in [-0.3, -0.25) is 9.78 Å². The van der Waals surface area contributed by atoms with Crippen LogP contribution in [0.3, 0.4) is 0 Å². The summed E-state index contributed by atoms with van der Waals surface area (Å²) in [7, 11) is 0. The summed E-state index contributed by atoms with van der Waals surface area (Å²) in [6, 6.07) is 9.76. The number of hydrogen-bond acceptors (Lipinski definition) is 5. The molecule has 1 aromatic carbocycles. The van der Waals surface area contributed by atoms with E-state index >= 15 is 0 Å². The van der Waals surface area contributed by atoms with Gasteiger partial charge in [0.1, 0.15) is 0 Å². The molecule has 0 bridgehead atoms. The molecule has 26 heavy (non-hydrogen) atoms. The fraction of sp³-hybridized carbons (Fsp3) is 0.263. The number of fused-ring (bicyclic) bond motifs is 1. The molecule has 0 spiro atoms. The Labute approximate surface area is 151 Å². The smallest absolute Gasteiger partial charge is 0.274 e. The van der Waals surface area contributed by atoms with E-state index in [0.717, 1.165) is 36.1 Å². The highest BCUT2D eigenvalue weighted by atomic mass is 16.2. The lowest BCUT2D eigenvalue weighted by Gasteiger charge is -2.14. The number of hydrogen-bond donors (Lipinski definition) is 2. The first kappa shape index (κ1) is 16.4. The first-order chi connectivity index (χ1) is 12.7. The zero-order valence-electron chi connectivity index (χ0n) is 14.6. The van der Waals surface area contributed by atoms with Crippen molar-refractivity contribution in [3.8, 4) is 5.69 Å². The summed E-state index contributed by atoms with van der Waals surface area (Å²) >= 11 is 0. The standard InChI is InChI=1S/C19H20N6O/c1-13-18(19(26)22-12-14-6-9-20-10-7-14)23-24-25(13)16-4-5-17-15(11-16)3-2-8-21-17/h2-6,8,11,20H,7,9-10,12H2,1H3,(H,22,26). The van der Waals surface area contributed by atoms with Crippen LogP contribution in [0.15, 0.2) is 48.2 Å². The number of carbonyl (C=O) groups excluding carboxylic acids is 1. The Morgan fingerprint density at radius 2 is 2.27 bits per heavy atom. The number of benzene rings is 1. The molecular formula is C19H20N6O. The van der Waals surface area contributed by atoms with Gasteiger partial charge in [0.05, 0.1) is 16.9 Å². The van der Waals surface area contributed by atoms with Gasteiger partial charge in [-0.15, -0.1) is 5.10 Å². The molecule has 0 aliphatic carbocycles. The fourth-order valence-electron chi connectivity index (χ4n) is 3.09. The van der Waals surface area contributed by atoms with Gasteiger partial charge in [-0.25, -0.2) is 4.68 Å². The van der Waals surface area contributed by atoms with E-state index < -0.39 is 0 Å². The molecule has 4 rings (SSSR count). The van der Waals surface area contributed by atoms with E-state index in [1.54, 1.807) is 10.9 Å². The minimum atomic E-state index is -0.198. The molecule has 0 fully saturated rings. The first-order valence-corrected chi connectivity index (χ1v) is 8.66. The average Bonchev–Trinajstić information content (AvgIpc) is 3.08. The predicted octanol–water partition coefficient (Wildman–Crippen LogP) is 1.77. The van der Waals surface area contributed by atoms with Gasteiger partial charge in [0.15, 0.2) is 5.69 Å². The van der Waals surface area contributed by atoms with Crippen molar-refractivity contribution >= 4 is 16.8 Å². The number of rotatable bonds is 4. The van der Waals surface area contributed by atoms with Crippen molar-refractivity contribution < 1.29 is 4.79 Å². The lowest BCUT2D eigenvalue weighted by molar-refractivity contribution is 0.0951. The molecule has 7 nitrogen and oxygen atoms in total. The van der Waals surface area contributed by atoms with Gasteiger partial charge in [-0.2, -0.15) is 0 Å². The third kappa shape index (κ3) is 3.21. The SMILES string of the molecule is Cc1c(C(=O)NCC2=CCNCC2)nnn1-c1ccc2ncccc2c1. The van der Waals surface area contributed by atoms with E-state index in [4.69, 9.17) is 0 Å². The average molecular weight is 348 g/mol. The Morgan fingerprint density at radius 1 is 1.35 bits per heavy atom. The summed E-state index contributed by atoms with van der Waals surface area (Å²) in [5, 5.41) is 15.5. The summed E-state index contributed by atoms with van der Waals surface area (Å²) in [5.41, 5.74) is 4.08. The Bertz CT molecular complexity index is 991. The van der Waals surface area contributed by atoms with Crippen molar-refractivity contribution in [1.29, 1.82) is 0 Å². The van der Waals surface area contributed by atoms with Gasteiger partial charge in [0, 0.05) is 24.7 Å². The summed E-state index contributed by atoms with van der Waals surface area (Å²) in [4.78, 5) is 16.8. The quantitative estimate of drug-likeness (QED) is 0.702. The lowest BCUT2D eigenvalue weighted by atomic mass is 10.1. The highest BCUT2D eigenvalue weighted by Crippen LogP contribution is 2.18. The molecule has 0 radical (unpaired) electrons. The molecule has 2 aromatic heterocycles. The third-order valence-electron chi connectivity index (χ3n) is 4.57. The molecule has 0 saturated carbocycles. The Balaban J connectivity index is 1.55. The zero-order valence-corrected chi connectivity index (χ0v) is 14.6. The van der Waals surface area contributed by atoms with Crippen LogP contribution in [0.2, 0.25) is 0 Å². The van der Waals surface area contributed by atoms with E-state index in [-0.39, 0.29) is 5.91 Å². The highest BCUT2D eigenvalue weighted by Gasteiger charge is 2.18. The maximum atomic E-state index is 12.5. The normalized spacial score (nSPS) is 14.3. The van der Waals surface area contributed by atoms with Gasteiger partial charge in [0.2, 0.25) is 0 Å². The number of nitrogens with zero attached hydrogens (tertiary/aromatic N) is 4. The van der Waals surface area contributed by atoms with Crippen LogP contribution in [0.4, 0.5) is 0 Å². The van der Waals surface area contributed by atoms with Crippen LogP contribution in [0.5, 0.6) is 0 Å². The Hall–Kier alpha value is -3.06. The van der Waals surface area contributed by atoms with Gasteiger partial charge in [0.25, 0.3) is 5.91 Å². The fourth-order valence-corrected chi connectivity index (χ4v) is 3.09. The molecule has 1 aliphatic heterocycles. The molecule has 0 atom stereocenters. The number of nitrogens with one attached hydrogen (secondary N) is 2. The van der Waals surface area contributed by atoms with E-state index in [0.29, 0.717) is 17.9 Å². The van der Waals surface area contributed by atoms with E-state index in [2.05, 4.69) is 32.0 Å². The molecule has 0 saturated heterocycles. The molecule has 1 aliphatic rings. The van der Waals surface area contributed by atoms with Gasteiger partial charge >= 0.3 is 0 Å². The van der Waals surface area contributed by atoms with Crippen LogP contribution >= 0.6 is 0 Å². The van der Waals surface area contributed by atoms with Gasteiger partial charge in [-0.05, 0) is 44.2 Å². The van der Waals surface area contributed by atoms with E-state index in [1.807, 2.05) is 37.3 Å². The maximum Gasteiger partial charge on any atom is 0.274 e. The molecule has 132 valence electrons.